The first-order valence-corrected chi connectivity index (χ1v) is 7.07. The van der Waals surface area contributed by atoms with Crippen molar-refractivity contribution in [2.45, 2.75) is 13.1 Å². The maximum atomic E-state index is 12.5. The van der Waals surface area contributed by atoms with E-state index in [9.17, 15) is 9.59 Å². The molecular formula is C15H16N4O4. The number of carbonyl (C=O) groups is 2. The zero-order valence-corrected chi connectivity index (χ0v) is 12.5. The summed E-state index contributed by atoms with van der Waals surface area (Å²) < 4.78 is 6.60. The van der Waals surface area contributed by atoms with E-state index in [4.69, 9.17) is 9.94 Å². The molecular weight excluding hydrogens is 300 g/mol. The molecule has 0 atom stereocenters. The van der Waals surface area contributed by atoms with Gasteiger partial charge >= 0.3 is 0 Å². The van der Waals surface area contributed by atoms with Crippen LogP contribution in [0.1, 0.15) is 26.5 Å². The quantitative estimate of drug-likeness (QED) is 0.638. The zero-order valence-electron chi connectivity index (χ0n) is 12.5. The first kappa shape index (κ1) is 15.0. The highest BCUT2D eigenvalue weighted by Gasteiger charge is 2.27. The lowest BCUT2D eigenvalue weighted by Gasteiger charge is -2.27. The largest absolute Gasteiger partial charge is 0.497 e. The molecule has 0 radical (unpaired) electrons. The predicted octanol–water partition coefficient (Wildman–Crippen LogP) is 0.667. The normalized spacial score (nSPS) is 13.7. The Hall–Kier alpha value is -2.87. The number of methoxy groups -OCH3 is 1. The second-order valence-electron chi connectivity index (χ2n) is 5.15. The number of rotatable bonds is 4. The fraction of sp³-hybridized carbons (Fsp3) is 0.267. The van der Waals surface area contributed by atoms with Crippen LogP contribution in [0.4, 0.5) is 0 Å². The van der Waals surface area contributed by atoms with E-state index < -0.39 is 5.91 Å². The molecule has 1 aliphatic heterocycles. The van der Waals surface area contributed by atoms with Gasteiger partial charge < -0.3 is 9.64 Å². The summed E-state index contributed by atoms with van der Waals surface area (Å²) in [6, 6.07) is 8.88. The molecule has 0 saturated heterocycles. The van der Waals surface area contributed by atoms with Gasteiger partial charge in [0.25, 0.3) is 11.8 Å². The van der Waals surface area contributed by atoms with Crippen LogP contribution in [0.3, 0.4) is 0 Å². The molecule has 2 amide bonds. The molecule has 3 rings (SSSR count). The maximum Gasteiger partial charge on any atom is 0.295 e. The molecule has 8 nitrogen and oxygen atoms in total. The Kier molecular flexibility index (Phi) is 3.98. The van der Waals surface area contributed by atoms with Crippen molar-refractivity contribution in [3.8, 4) is 5.75 Å². The van der Waals surface area contributed by atoms with Crippen molar-refractivity contribution in [1.29, 1.82) is 0 Å². The number of hydroxylamine groups is 1. The van der Waals surface area contributed by atoms with Crippen LogP contribution in [-0.2, 0) is 13.1 Å². The van der Waals surface area contributed by atoms with Crippen LogP contribution in [0.5, 0.6) is 5.75 Å². The van der Waals surface area contributed by atoms with Crippen LogP contribution in [0.25, 0.3) is 0 Å². The van der Waals surface area contributed by atoms with E-state index in [1.54, 1.807) is 12.0 Å². The number of hydrogen-bond donors (Lipinski definition) is 2. The lowest BCUT2D eigenvalue weighted by Crippen LogP contribution is -2.39. The van der Waals surface area contributed by atoms with Crippen LogP contribution >= 0.6 is 0 Å². The molecule has 2 aromatic rings. The van der Waals surface area contributed by atoms with Crippen LogP contribution in [0, 0.1) is 0 Å². The minimum Gasteiger partial charge on any atom is -0.497 e. The van der Waals surface area contributed by atoms with Crippen LogP contribution in [0.2, 0.25) is 0 Å². The number of ether oxygens (including phenoxy) is 1. The number of nitrogens with zero attached hydrogens (tertiary/aromatic N) is 3. The van der Waals surface area contributed by atoms with E-state index >= 15 is 0 Å². The smallest absolute Gasteiger partial charge is 0.295 e. The minimum absolute atomic E-state index is 0.0159. The first-order valence-electron chi connectivity index (χ1n) is 7.07. The summed E-state index contributed by atoms with van der Waals surface area (Å²) in [6.45, 7) is 1.46. The molecule has 120 valence electrons. The third kappa shape index (κ3) is 2.88. The molecule has 23 heavy (non-hydrogen) atoms. The second-order valence-corrected chi connectivity index (χ2v) is 5.15. The van der Waals surface area contributed by atoms with Gasteiger partial charge in [0.05, 0.1) is 13.7 Å². The minimum atomic E-state index is -0.735. The monoisotopic (exact) mass is 316 g/mol. The summed E-state index contributed by atoms with van der Waals surface area (Å²) in [5, 5.41) is 12.7. The lowest BCUT2D eigenvalue weighted by atomic mass is 10.2. The van der Waals surface area contributed by atoms with E-state index in [1.807, 2.05) is 24.3 Å². The Morgan fingerprint density at radius 1 is 1.35 bits per heavy atom. The molecule has 0 aliphatic carbocycles. The SMILES string of the molecule is COc1ccc(CN2CCn3nc(C(=O)NO)cc3C2=O)cc1. The molecule has 1 aliphatic rings. The van der Waals surface area contributed by atoms with Gasteiger partial charge in [0, 0.05) is 19.2 Å². The van der Waals surface area contributed by atoms with Gasteiger partial charge in [0.1, 0.15) is 11.4 Å². The number of carbonyl (C=O) groups excluding carboxylic acids is 2. The maximum absolute atomic E-state index is 12.5. The van der Waals surface area contributed by atoms with Crippen LogP contribution in [-0.4, -0.2) is 45.4 Å². The van der Waals surface area contributed by atoms with Gasteiger partial charge in [-0.05, 0) is 17.7 Å². The van der Waals surface area contributed by atoms with Gasteiger partial charge in [-0.1, -0.05) is 12.1 Å². The summed E-state index contributed by atoms with van der Waals surface area (Å²) >= 11 is 0. The Morgan fingerprint density at radius 2 is 2.09 bits per heavy atom. The van der Waals surface area contributed by atoms with Crippen molar-refractivity contribution < 1.29 is 19.5 Å². The molecule has 8 heteroatoms. The van der Waals surface area contributed by atoms with Crippen molar-refractivity contribution >= 4 is 11.8 Å². The van der Waals surface area contributed by atoms with Crippen molar-refractivity contribution in [2.75, 3.05) is 13.7 Å². The third-order valence-electron chi connectivity index (χ3n) is 3.73. The number of nitrogens with one attached hydrogen (secondary N) is 1. The van der Waals surface area contributed by atoms with Gasteiger partial charge in [-0.3, -0.25) is 19.5 Å². The highest BCUT2D eigenvalue weighted by molar-refractivity contribution is 5.97. The average Bonchev–Trinajstić information content (AvgIpc) is 3.02. The topological polar surface area (TPSA) is 96.7 Å². The van der Waals surface area contributed by atoms with Crippen molar-refractivity contribution in [3.05, 3.63) is 47.3 Å². The number of aromatic nitrogens is 2. The molecule has 1 aromatic heterocycles. The molecule has 0 fully saturated rings. The predicted molar refractivity (Wildman–Crippen MR) is 79.2 cm³/mol. The van der Waals surface area contributed by atoms with Gasteiger partial charge in [-0.25, -0.2) is 5.48 Å². The third-order valence-corrected chi connectivity index (χ3v) is 3.73. The van der Waals surface area contributed by atoms with Gasteiger partial charge in [0.15, 0.2) is 5.69 Å². The number of hydrogen-bond acceptors (Lipinski definition) is 5. The Labute approximate surface area is 132 Å². The van der Waals surface area contributed by atoms with Crippen molar-refractivity contribution in [3.63, 3.8) is 0 Å². The molecule has 1 aromatic carbocycles. The summed E-state index contributed by atoms with van der Waals surface area (Å²) in [6.07, 6.45) is 0. The first-order chi connectivity index (χ1) is 11.1. The van der Waals surface area contributed by atoms with Gasteiger partial charge in [0.2, 0.25) is 0 Å². The van der Waals surface area contributed by atoms with E-state index in [1.165, 1.54) is 16.2 Å². The van der Waals surface area contributed by atoms with Crippen LogP contribution in [0.15, 0.2) is 30.3 Å². The summed E-state index contributed by atoms with van der Waals surface area (Å²) in [5.41, 5.74) is 2.85. The highest BCUT2D eigenvalue weighted by atomic mass is 16.5. The molecule has 0 bridgehead atoms. The summed E-state index contributed by atoms with van der Waals surface area (Å²) in [5.74, 6) is -0.172. The molecule has 0 spiro atoms. The van der Waals surface area contributed by atoms with Gasteiger partial charge in [-0.2, -0.15) is 5.10 Å². The standard InChI is InChI=1S/C15H16N4O4/c1-23-11-4-2-10(3-5-11)9-18-6-7-19-13(15(18)21)8-12(16-19)14(20)17-22/h2-5,8,22H,6-7,9H2,1H3,(H,17,20). The number of benzene rings is 1. The number of fused-ring (bicyclic) bond motifs is 1. The summed E-state index contributed by atoms with van der Waals surface area (Å²) in [4.78, 5) is 25.6. The Morgan fingerprint density at radius 3 is 2.74 bits per heavy atom. The zero-order chi connectivity index (χ0) is 16.4. The van der Waals surface area contributed by atoms with E-state index in [0.717, 1.165) is 11.3 Å². The molecule has 2 N–H and O–H groups in total. The Balaban J connectivity index is 1.77. The molecule has 2 heterocycles. The van der Waals surface area contributed by atoms with E-state index in [-0.39, 0.29) is 11.6 Å². The summed E-state index contributed by atoms with van der Waals surface area (Å²) in [7, 11) is 1.60. The molecule has 0 saturated carbocycles. The second kappa shape index (κ2) is 6.09. The number of amides is 2. The highest BCUT2D eigenvalue weighted by Crippen LogP contribution is 2.18. The average molecular weight is 316 g/mol. The van der Waals surface area contributed by atoms with E-state index in [0.29, 0.717) is 25.3 Å². The fourth-order valence-electron chi connectivity index (χ4n) is 2.51. The fourth-order valence-corrected chi connectivity index (χ4v) is 2.51. The van der Waals surface area contributed by atoms with E-state index in [2.05, 4.69) is 5.10 Å². The van der Waals surface area contributed by atoms with Crippen molar-refractivity contribution in [1.82, 2.24) is 20.2 Å². The van der Waals surface area contributed by atoms with Crippen LogP contribution < -0.4 is 10.2 Å². The molecule has 0 unspecified atom stereocenters. The van der Waals surface area contributed by atoms with Gasteiger partial charge in [-0.15, -0.1) is 0 Å². The Bertz CT molecular complexity index is 738. The van der Waals surface area contributed by atoms with Crippen molar-refractivity contribution in [2.24, 2.45) is 0 Å². The lowest BCUT2D eigenvalue weighted by molar-refractivity contribution is 0.0677.